The van der Waals surface area contributed by atoms with E-state index in [0.717, 1.165) is 6.07 Å². The average molecular weight is 239 g/mol. The number of amidine groups is 1. The summed E-state index contributed by atoms with van der Waals surface area (Å²) in [5.74, 6) is 0.175. The molecule has 0 amide bonds. The van der Waals surface area contributed by atoms with Crippen molar-refractivity contribution in [2.75, 3.05) is 5.88 Å². The Morgan fingerprint density at radius 2 is 2.38 bits per heavy atom. The van der Waals surface area contributed by atoms with Gasteiger partial charge in [-0.15, -0.1) is 11.6 Å². The second-order valence-corrected chi connectivity index (χ2v) is 3.07. The summed E-state index contributed by atoms with van der Waals surface area (Å²) in [6, 6.07) is 5.56. The molecule has 0 saturated carbocycles. The molecule has 0 saturated heterocycles. The van der Waals surface area contributed by atoms with E-state index in [1.54, 1.807) is 0 Å². The number of alkyl halides is 1. The summed E-state index contributed by atoms with van der Waals surface area (Å²) in [6.07, 6.45) is 0. The third-order valence-corrected chi connectivity index (χ3v) is 1.99. The molecule has 16 heavy (non-hydrogen) atoms. The molecular formula is C9H7ClN4O2. The van der Waals surface area contributed by atoms with Gasteiger partial charge in [-0.2, -0.15) is 5.26 Å². The number of nitro benzene ring substituents is 1. The monoisotopic (exact) mass is 238 g/mol. The van der Waals surface area contributed by atoms with Crippen LogP contribution < -0.4 is 5.73 Å². The Labute approximate surface area is 96.1 Å². The Balaban J connectivity index is 3.24. The van der Waals surface area contributed by atoms with Gasteiger partial charge in [0, 0.05) is 12.1 Å². The number of hydrogen-bond donors (Lipinski definition) is 1. The van der Waals surface area contributed by atoms with E-state index in [9.17, 15) is 10.1 Å². The SMILES string of the molecule is N#Cc1cc([N+](=O)[O-])ccc1N=C(N)CCl. The summed E-state index contributed by atoms with van der Waals surface area (Å²) in [7, 11) is 0. The van der Waals surface area contributed by atoms with Crippen molar-refractivity contribution in [3.05, 3.63) is 33.9 Å². The van der Waals surface area contributed by atoms with E-state index in [1.807, 2.05) is 6.07 Å². The molecule has 1 aromatic rings. The van der Waals surface area contributed by atoms with Gasteiger partial charge in [0.1, 0.15) is 11.9 Å². The standard InChI is InChI=1S/C9H7ClN4O2/c10-4-9(12)13-8-2-1-7(14(15)16)3-6(8)5-11/h1-3H,4H2,(H2,12,13). The lowest BCUT2D eigenvalue weighted by molar-refractivity contribution is -0.384. The fourth-order valence-electron chi connectivity index (χ4n) is 1.01. The van der Waals surface area contributed by atoms with Gasteiger partial charge in [-0.05, 0) is 6.07 Å². The van der Waals surface area contributed by atoms with E-state index in [2.05, 4.69) is 4.99 Å². The van der Waals surface area contributed by atoms with Crippen LogP contribution in [0.5, 0.6) is 0 Å². The Morgan fingerprint density at radius 3 is 2.88 bits per heavy atom. The Kier molecular flexibility index (Phi) is 3.80. The Hall–Kier alpha value is -2.13. The smallest absolute Gasteiger partial charge is 0.270 e. The molecule has 0 fully saturated rings. The van der Waals surface area contributed by atoms with Crippen molar-refractivity contribution in [3.8, 4) is 6.07 Å². The van der Waals surface area contributed by atoms with Gasteiger partial charge in [-0.25, -0.2) is 4.99 Å². The summed E-state index contributed by atoms with van der Waals surface area (Å²) < 4.78 is 0. The fourth-order valence-corrected chi connectivity index (χ4v) is 1.07. The van der Waals surface area contributed by atoms with Crippen LogP contribution in [-0.2, 0) is 0 Å². The van der Waals surface area contributed by atoms with Crippen molar-refractivity contribution in [1.29, 1.82) is 5.26 Å². The molecule has 1 aromatic carbocycles. The first-order valence-corrected chi connectivity index (χ1v) is 4.69. The summed E-state index contributed by atoms with van der Waals surface area (Å²) in [6.45, 7) is 0. The summed E-state index contributed by atoms with van der Waals surface area (Å²) in [4.78, 5) is 13.8. The van der Waals surface area contributed by atoms with E-state index in [-0.39, 0.29) is 28.7 Å². The van der Waals surface area contributed by atoms with Gasteiger partial charge in [-0.3, -0.25) is 10.1 Å². The molecule has 82 valence electrons. The fraction of sp³-hybridized carbons (Fsp3) is 0.111. The van der Waals surface area contributed by atoms with E-state index < -0.39 is 4.92 Å². The number of aliphatic imine (C=N–C) groups is 1. The highest BCUT2D eigenvalue weighted by Crippen LogP contribution is 2.23. The number of nitriles is 1. The van der Waals surface area contributed by atoms with Crippen LogP contribution in [0.3, 0.4) is 0 Å². The van der Waals surface area contributed by atoms with Crippen molar-refractivity contribution in [2.45, 2.75) is 0 Å². The molecular weight excluding hydrogens is 232 g/mol. The third kappa shape index (κ3) is 2.68. The first-order chi connectivity index (χ1) is 7.58. The van der Waals surface area contributed by atoms with Crippen LogP contribution in [0.2, 0.25) is 0 Å². The number of rotatable bonds is 3. The van der Waals surface area contributed by atoms with Gasteiger partial charge in [0.15, 0.2) is 0 Å². The van der Waals surface area contributed by atoms with Crippen LogP contribution in [0.25, 0.3) is 0 Å². The third-order valence-electron chi connectivity index (χ3n) is 1.71. The molecule has 7 heteroatoms. The highest BCUT2D eigenvalue weighted by atomic mass is 35.5. The summed E-state index contributed by atoms with van der Waals surface area (Å²) >= 11 is 5.43. The maximum absolute atomic E-state index is 10.5. The molecule has 0 spiro atoms. The van der Waals surface area contributed by atoms with Gasteiger partial charge in [-0.1, -0.05) is 0 Å². The lowest BCUT2D eigenvalue weighted by Gasteiger charge is -1.99. The molecule has 2 N–H and O–H groups in total. The molecule has 6 nitrogen and oxygen atoms in total. The van der Waals surface area contributed by atoms with E-state index >= 15 is 0 Å². The van der Waals surface area contributed by atoms with Gasteiger partial charge < -0.3 is 5.73 Å². The molecule has 0 aliphatic carbocycles. The van der Waals surface area contributed by atoms with Crippen LogP contribution in [0, 0.1) is 21.4 Å². The largest absolute Gasteiger partial charge is 0.386 e. The number of nitro groups is 1. The van der Waals surface area contributed by atoms with E-state index in [0.29, 0.717) is 0 Å². The molecule has 0 unspecified atom stereocenters. The lowest BCUT2D eigenvalue weighted by Crippen LogP contribution is -2.12. The topological polar surface area (TPSA) is 105 Å². The molecule has 0 aliphatic heterocycles. The molecule has 0 bridgehead atoms. The number of halogens is 1. The van der Waals surface area contributed by atoms with Gasteiger partial charge >= 0.3 is 0 Å². The van der Waals surface area contributed by atoms with Crippen LogP contribution in [-0.4, -0.2) is 16.6 Å². The van der Waals surface area contributed by atoms with Crippen molar-refractivity contribution >= 4 is 28.8 Å². The maximum Gasteiger partial charge on any atom is 0.270 e. The molecule has 0 aromatic heterocycles. The highest BCUT2D eigenvalue weighted by Gasteiger charge is 2.10. The zero-order valence-electron chi connectivity index (χ0n) is 8.05. The Morgan fingerprint density at radius 1 is 1.69 bits per heavy atom. The normalized spacial score (nSPS) is 10.9. The minimum absolute atomic E-state index is 0.0296. The van der Waals surface area contributed by atoms with Crippen LogP contribution in [0.15, 0.2) is 23.2 Å². The van der Waals surface area contributed by atoms with Crippen LogP contribution in [0.1, 0.15) is 5.56 Å². The van der Waals surface area contributed by atoms with Gasteiger partial charge in [0.25, 0.3) is 5.69 Å². The summed E-state index contributed by atoms with van der Waals surface area (Å²) in [5, 5.41) is 19.3. The molecule has 0 radical (unpaired) electrons. The number of non-ortho nitro benzene ring substituents is 1. The highest BCUT2D eigenvalue weighted by molar-refractivity contribution is 6.28. The van der Waals surface area contributed by atoms with E-state index in [4.69, 9.17) is 22.6 Å². The van der Waals surface area contributed by atoms with Crippen molar-refractivity contribution in [1.82, 2.24) is 0 Å². The van der Waals surface area contributed by atoms with Crippen LogP contribution >= 0.6 is 11.6 Å². The van der Waals surface area contributed by atoms with Gasteiger partial charge in [0.05, 0.1) is 22.1 Å². The van der Waals surface area contributed by atoms with Crippen molar-refractivity contribution in [2.24, 2.45) is 10.7 Å². The zero-order chi connectivity index (χ0) is 12.1. The predicted octanol–water partition coefficient (Wildman–Crippen LogP) is 1.69. The maximum atomic E-state index is 10.5. The quantitative estimate of drug-likeness (QED) is 0.284. The van der Waals surface area contributed by atoms with Gasteiger partial charge in [0.2, 0.25) is 0 Å². The summed E-state index contributed by atoms with van der Waals surface area (Å²) in [5.41, 5.74) is 5.59. The average Bonchev–Trinajstić information content (AvgIpc) is 2.29. The molecule has 0 heterocycles. The molecule has 0 aliphatic rings. The number of nitrogens with zero attached hydrogens (tertiary/aromatic N) is 3. The first kappa shape index (κ1) is 11.9. The minimum atomic E-state index is -0.584. The second kappa shape index (κ2) is 5.09. The lowest BCUT2D eigenvalue weighted by atomic mass is 10.2. The number of benzene rings is 1. The van der Waals surface area contributed by atoms with Crippen LogP contribution in [0.4, 0.5) is 11.4 Å². The first-order valence-electron chi connectivity index (χ1n) is 4.16. The zero-order valence-corrected chi connectivity index (χ0v) is 8.81. The molecule has 1 rings (SSSR count). The predicted molar refractivity (Wildman–Crippen MR) is 59.8 cm³/mol. The Bertz CT molecular complexity index is 493. The second-order valence-electron chi connectivity index (χ2n) is 2.81. The van der Waals surface area contributed by atoms with E-state index in [1.165, 1.54) is 12.1 Å². The minimum Gasteiger partial charge on any atom is -0.386 e. The molecule has 0 atom stereocenters. The number of nitrogens with two attached hydrogens (primary N) is 1. The van der Waals surface area contributed by atoms with Crippen molar-refractivity contribution in [3.63, 3.8) is 0 Å². The number of hydrogen-bond acceptors (Lipinski definition) is 4. The van der Waals surface area contributed by atoms with Crippen molar-refractivity contribution < 1.29 is 4.92 Å².